The minimum Gasteiger partial charge on any atom is -0.466 e. The maximum Gasteiger partial charge on any atom is 0.305 e. The number of hydrazone groups is 1. The van der Waals surface area contributed by atoms with Crippen LogP contribution >= 0.6 is 0 Å². The zero-order valence-corrected chi connectivity index (χ0v) is 15.9. The molecule has 2 N–H and O–H groups in total. The number of carbonyl (C=O) groups is 1. The quantitative estimate of drug-likeness (QED) is 0.343. The molecule has 0 atom stereocenters. The van der Waals surface area contributed by atoms with Gasteiger partial charge in [0.25, 0.3) is 0 Å². The first-order chi connectivity index (χ1) is 13.1. The fraction of sp³-hybridized carbons (Fsp3) is 0.550. The Kier molecular flexibility index (Phi) is 6.45. The van der Waals surface area contributed by atoms with Gasteiger partial charge < -0.3 is 20.3 Å². The summed E-state index contributed by atoms with van der Waals surface area (Å²) in [6.45, 7) is 5.15. The van der Waals surface area contributed by atoms with Crippen LogP contribution in [0.3, 0.4) is 0 Å². The van der Waals surface area contributed by atoms with Gasteiger partial charge in [0.1, 0.15) is 5.60 Å². The molecule has 2 heterocycles. The molecule has 0 aliphatic carbocycles. The predicted molar refractivity (Wildman–Crippen MR) is 105 cm³/mol. The lowest BCUT2D eigenvalue weighted by molar-refractivity contribution is -0.143. The van der Waals surface area contributed by atoms with Crippen LogP contribution in [0.25, 0.3) is 0 Å². The molecule has 0 aromatic heterocycles. The largest absolute Gasteiger partial charge is 0.466 e. The summed E-state index contributed by atoms with van der Waals surface area (Å²) in [6.07, 6.45) is 5.70. The molecule has 1 spiro atoms. The average molecular weight is 372 g/mol. The van der Waals surface area contributed by atoms with Crippen molar-refractivity contribution in [1.82, 2.24) is 4.90 Å². The third-order valence-electron chi connectivity index (χ3n) is 5.23. The van der Waals surface area contributed by atoms with Gasteiger partial charge in [-0.3, -0.25) is 4.79 Å². The van der Waals surface area contributed by atoms with Crippen molar-refractivity contribution < 1.29 is 14.4 Å². The van der Waals surface area contributed by atoms with Crippen LogP contribution in [-0.4, -0.2) is 54.6 Å². The predicted octanol–water partition coefficient (Wildman–Crippen LogP) is 2.28. The van der Waals surface area contributed by atoms with Crippen molar-refractivity contribution >= 4 is 17.9 Å². The van der Waals surface area contributed by atoms with Gasteiger partial charge in [0.2, 0.25) is 0 Å². The lowest BCUT2D eigenvalue weighted by Gasteiger charge is -2.37. The Morgan fingerprint density at radius 3 is 2.78 bits per heavy atom. The monoisotopic (exact) mass is 372 g/mol. The molecule has 0 bridgehead atoms. The van der Waals surface area contributed by atoms with Gasteiger partial charge in [0, 0.05) is 38.8 Å². The fourth-order valence-electron chi connectivity index (χ4n) is 3.66. The molecule has 1 saturated heterocycles. The van der Waals surface area contributed by atoms with Crippen LogP contribution in [0.5, 0.6) is 0 Å². The molecular formula is C20H28N4O3. The molecule has 7 nitrogen and oxygen atoms in total. The molecule has 1 aromatic carbocycles. The highest BCUT2D eigenvalue weighted by Crippen LogP contribution is 2.36. The average Bonchev–Trinajstić information content (AvgIpc) is 3.08. The Labute approximate surface area is 160 Å². The van der Waals surface area contributed by atoms with Gasteiger partial charge in [-0.05, 0) is 31.0 Å². The Bertz CT molecular complexity index is 692. The van der Waals surface area contributed by atoms with Crippen LogP contribution in [0.1, 0.15) is 50.2 Å². The van der Waals surface area contributed by atoms with Crippen LogP contribution in [0.15, 0.2) is 34.5 Å². The van der Waals surface area contributed by atoms with Gasteiger partial charge in [-0.1, -0.05) is 29.4 Å². The van der Waals surface area contributed by atoms with Gasteiger partial charge in [-0.15, -0.1) is 0 Å². The molecule has 2 aliphatic heterocycles. The van der Waals surface area contributed by atoms with E-state index in [-0.39, 0.29) is 11.6 Å². The summed E-state index contributed by atoms with van der Waals surface area (Å²) in [6, 6.07) is 8.02. The minimum atomic E-state index is -0.176. The summed E-state index contributed by atoms with van der Waals surface area (Å²) in [5, 5.41) is 7.91. The van der Waals surface area contributed by atoms with E-state index in [0.717, 1.165) is 62.2 Å². The Balaban J connectivity index is 1.45. The number of likely N-dealkylation sites (tertiary alicyclic amines) is 1. The Morgan fingerprint density at radius 1 is 1.37 bits per heavy atom. The van der Waals surface area contributed by atoms with Gasteiger partial charge in [0.15, 0.2) is 0 Å². The number of piperidine rings is 1. The molecule has 146 valence electrons. The van der Waals surface area contributed by atoms with E-state index in [4.69, 9.17) is 15.4 Å². The van der Waals surface area contributed by atoms with Gasteiger partial charge in [-0.25, -0.2) is 0 Å². The first-order valence-electron chi connectivity index (χ1n) is 9.61. The van der Waals surface area contributed by atoms with Gasteiger partial charge >= 0.3 is 5.97 Å². The second kappa shape index (κ2) is 8.99. The SMILES string of the molecule is CCOC(=O)CCCN1CCC2(CC1)CC(c1ccc(C=NN)cc1)=NO2. The van der Waals surface area contributed by atoms with E-state index in [1.807, 2.05) is 31.2 Å². The zero-order chi connectivity index (χ0) is 19.1. The lowest BCUT2D eigenvalue weighted by atomic mass is 9.85. The Morgan fingerprint density at radius 2 is 2.11 bits per heavy atom. The van der Waals surface area contributed by atoms with E-state index < -0.39 is 0 Å². The third-order valence-corrected chi connectivity index (χ3v) is 5.23. The number of benzene rings is 1. The van der Waals surface area contributed by atoms with Crippen LogP contribution in [0, 0.1) is 0 Å². The minimum absolute atomic E-state index is 0.105. The highest BCUT2D eigenvalue weighted by atomic mass is 16.7. The summed E-state index contributed by atoms with van der Waals surface area (Å²) in [5.74, 6) is 5.08. The van der Waals surface area contributed by atoms with Crippen molar-refractivity contribution in [3.8, 4) is 0 Å². The number of ether oxygens (including phenoxy) is 1. The third kappa shape index (κ3) is 5.07. The van der Waals surface area contributed by atoms with Crippen molar-refractivity contribution in [2.75, 3.05) is 26.2 Å². The molecule has 27 heavy (non-hydrogen) atoms. The van der Waals surface area contributed by atoms with E-state index in [2.05, 4.69) is 15.2 Å². The molecule has 7 heteroatoms. The molecule has 3 rings (SSSR count). The first kappa shape index (κ1) is 19.4. The zero-order valence-electron chi connectivity index (χ0n) is 15.9. The van der Waals surface area contributed by atoms with E-state index in [1.165, 1.54) is 0 Å². The molecule has 0 unspecified atom stereocenters. The molecule has 0 amide bonds. The van der Waals surface area contributed by atoms with Crippen molar-refractivity contribution in [2.45, 2.75) is 44.6 Å². The second-order valence-corrected chi connectivity index (χ2v) is 7.14. The number of rotatable bonds is 7. The van der Waals surface area contributed by atoms with Crippen LogP contribution in [0.4, 0.5) is 0 Å². The fourth-order valence-corrected chi connectivity index (χ4v) is 3.66. The molecule has 2 aliphatic rings. The summed E-state index contributed by atoms with van der Waals surface area (Å²) < 4.78 is 4.98. The summed E-state index contributed by atoms with van der Waals surface area (Å²) in [5.41, 5.74) is 2.87. The molecule has 1 fully saturated rings. The molecule has 0 radical (unpaired) electrons. The van der Waals surface area contributed by atoms with E-state index in [1.54, 1.807) is 6.21 Å². The summed E-state index contributed by atoms with van der Waals surface area (Å²) in [7, 11) is 0. The van der Waals surface area contributed by atoms with Crippen LogP contribution < -0.4 is 5.84 Å². The number of hydrogen-bond donors (Lipinski definition) is 1. The lowest BCUT2D eigenvalue weighted by Crippen LogP contribution is -2.44. The smallest absolute Gasteiger partial charge is 0.305 e. The number of nitrogens with two attached hydrogens (primary N) is 1. The maximum absolute atomic E-state index is 11.4. The van der Waals surface area contributed by atoms with Crippen molar-refractivity contribution in [3.05, 3.63) is 35.4 Å². The standard InChI is InChI=1S/C20H28N4O3/c1-2-26-19(25)4-3-11-24-12-9-20(10-13-24)14-18(23-27-20)17-7-5-16(6-8-17)15-22-21/h5-8,15H,2-4,9-14,21H2,1H3. The number of carbonyl (C=O) groups excluding carboxylic acids is 1. The number of hydrogen-bond acceptors (Lipinski definition) is 7. The van der Waals surface area contributed by atoms with Crippen molar-refractivity contribution in [3.63, 3.8) is 0 Å². The highest BCUT2D eigenvalue weighted by Gasteiger charge is 2.42. The summed E-state index contributed by atoms with van der Waals surface area (Å²) in [4.78, 5) is 19.7. The van der Waals surface area contributed by atoms with Crippen LogP contribution in [-0.2, 0) is 14.4 Å². The number of esters is 1. The van der Waals surface area contributed by atoms with Crippen molar-refractivity contribution in [1.29, 1.82) is 0 Å². The van der Waals surface area contributed by atoms with E-state index in [0.29, 0.717) is 13.0 Å². The first-order valence-corrected chi connectivity index (χ1v) is 9.61. The highest BCUT2D eigenvalue weighted by molar-refractivity contribution is 6.02. The van der Waals surface area contributed by atoms with Gasteiger partial charge in [-0.2, -0.15) is 5.10 Å². The second-order valence-electron chi connectivity index (χ2n) is 7.14. The Hall–Kier alpha value is -2.41. The van der Waals surface area contributed by atoms with Crippen molar-refractivity contribution in [2.24, 2.45) is 16.1 Å². The van der Waals surface area contributed by atoms with E-state index >= 15 is 0 Å². The van der Waals surface area contributed by atoms with Crippen LogP contribution in [0.2, 0.25) is 0 Å². The number of oxime groups is 1. The maximum atomic E-state index is 11.4. The van der Waals surface area contributed by atoms with Gasteiger partial charge in [0.05, 0.1) is 18.5 Å². The normalized spacial score (nSPS) is 19.2. The summed E-state index contributed by atoms with van der Waals surface area (Å²) >= 11 is 0. The van der Waals surface area contributed by atoms with E-state index in [9.17, 15) is 4.79 Å². The molecule has 1 aromatic rings. The number of nitrogens with zero attached hydrogens (tertiary/aromatic N) is 3. The topological polar surface area (TPSA) is 89.5 Å². The molecular weight excluding hydrogens is 344 g/mol. The molecule has 0 saturated carbocycles.